The molecule has 0 radical (unpaired) electrons. The predicted octanol–water partition coefficient (Wildman–Crippen LogP) is 3.72. The molecule has 2 fully saturated rings. The minimum Gasteiger partial charge on any atom is -0.385 e. The Morgan fingerprint density at radius 3 is 2.30 bits per heavy atom. The van der Waals surface area contributed by atoms with Crippen molar-refractivity contribution in [2.24, 2.45) is 0 Å². The van der Waals surface area contributed by atoms with E-state index in [9.17, 15) is 23.1 Å². The van der Waals surface area contributed by atoms with Gasteiger partial charge < -0.3 is 14.9 Å². The van der Waals surface area contributed by atoms with Gasteiger partial charge >= 0.3 is 6.18 Å². The molecular weight excluding hydrogens is 395 g/mol. The molecule has 0 amide bonds. The molecule has 1 aromatic carbocycles. The molecule has 0 bridgehead atoms. The van der Waals surface area contributed by atoms with Gasteiger partial charge in [0, 0.05) is 37.9 Å². The van der Waals surface area contributed by atoms with E-state index in [1.54, 1.807) is 12.1 Å². The van der Waals surface area contributed by atoms with E-state index in [0.717, 1.165) is 69.6 Å². The lowest BCUT2D eigenvalue weighted by molar-refractivity contribution is -0.137. The molecule has 0 unspecified atom stereocenters. The van der Waals surface area contributed by atoms with E-state index in [1.165, 1.54) is 6.07 Å². The summed E-state index contributed by atoms with van der Waals surface area (Å²) in [6.07, 6.45) is 0.0965. The summed E-state index contributed by atoms with van der Waals surface area (Å²) < 4.78 is 37.1. The Labute approximate surface area is 174 Å². The number of carbonyl (C=O) groups excluding carboxylic acids is 1. The second kappa shape index (κ2) is 9.14. The van der Waals surface area contributed by atoms with E-state index in [4.69, 9.17) is 0 Å². The fraction of sp³-hybridized carbons (Fsp3) is 0.455. The monoisotopic (exact) mass is 421 g/mol. The second-order valence-corrected chi connectivity index (χ2v) is 7.82. The highest BCUT2D eigenvalue weighted by atomic mass is 19.4. The van der Waals surface area contributed by atoms with Crippen molar-refractivity contribution < 1.29 is 23.1 Å². The number of pyridine rings is 1. The third-order valence-electron chi connectivity index (χ3n) is 5.64. The molecule has 2 heterocycles. The molecule has 162 valence electrons. The topological polar surface area (TPSA) is 56.7 Å². The van der Waals surface area contributed by atoms with Crippen LogP contribution in [0.1, 0.15) is 40.7 Å². The van der Waals surface area contributed by atoms with Gasteiger partial charge in [-0.2, -0.15) is 13.2 Å². The Kier molecular flexibility index (Phi) is 6.77. The number of hydrogen-bond donors (Lipinski definition) is 1. The SMILES string of the molecule is CN1CCN(c2ccc(C(F)(F)F)cn2)CC1.O=Cc1cccc(C2(O)CCC2)c1. The Morgan fingerprint density at radius 1 is 1.10 bits per heavy atom. The molecule has 1 saturated carbocycles. The molecule has 1 aliphatic heterocycles. The van der Waals surface area contributed by atoms with Crippen molar-refractivity contribution in [1.82, 2.24) is 9.88 Å². The fourth-order valence-corrected chi connectivity index (χ4v) is 3.48. The number of aldehydes is 1. The summed E-state index contributed by atoms with van der Waals surface area (Å²) in [5, 5.41) is 9.99. The van der Waals surface area contributed by atoms with E-state index in [1.807, 2.05) is 24.1 Å². The summed E-state index contributed by atoms with van der Waals surface area (Å²) in [6.45, 7) is 3.41. The van der Waals surface area contributed by atoms with Crippen LogP contribution in [0.4, 0.5) is 19.0 Å². The number of piperazine rings is 1. The first-order chi connectivity index (χ1) is 14.2. The number of nitrogens with zero attached hydrogens (tertiary/aromatic N) is 3. The van der Waals surface area contributed by atoms with Crippen LogP contribution in [-0.2, 0) is 11.8 Å². The normalized spacial score (nSPS) is 18.8. The second-order valence-electron chi connectivity index (χ2n) is 7.82. The van der Waals surface area contributed by atoms with Crippen LogP contribution in [-0.4, -0.2) is 54.5 Å². The molecule has 1 N–H and O–H groups in total. The molecule has 0 atom stereocenters. The molecule has 2 aliphatic rings. The largest absolute Gasteiger partial charge is 0.417 e. The first-order valence-corrected chi connectivity index (χ1v) is 9.96. The zero-order chi connectivity index (χ0) is 21.8. The Balaban J connectivity index is 0.000000177. The first kappa shape index (κ1) is 22.2. The van der Waals surface area contributed by atoms with E-state index in [2.05, 4.69) is 9.88 Å². The zero-order valence-electron chi connectivity index (χ0n) is 16.9. The Hall–Kier alpha value is -2.45. The van der Waals surface area contributed by atoms with E-state index in [-0.39, 0.29) is 0 Å². The summed E-state index contributed by atoms with van der Waals surface area (Å²) in [5.41, 5.74) is 0.163. The van der Waals surface area contributed by atoms with Crippen molar-refractivity contribution in [2.45, 2.75) is 31.0 Å². The van der Waals surface area contributed by atoms with Gasteiger partial charge in [-0.25, -0.2) is 4.98 Å². The smallest absolute Gasteiger partial charge is 0.385 e. The minimum atomic E-state index is -4.31. The van der Waals surface area contributed by atoms with Crippen molar-refractivity contribution in [3.8, 4) is 0 Å². The summed E-state index contributed by atoms with van der Waals surface area (Å²) in [5.74, 6) is 0.617. The molecule has 1 aromatic heterocycles. The van der Waals surface area contributed by atoms with Gasteiger partial charge in [-0.05, 0) is 50.1 Å². The summed E-state index contributed by atoms with van der Waals surface area (Å²) >= 11 is 0. The van der Waals surface area contributed by atoms with Crippen LogP contribution in [0.2, 0.25) is 0 Å². The number of aliphatic hydroxyl groups is 1. The minimum absolute atomic E-state index is 0.617. The number of benzene rings is 1. The Morgan fingerprint density at radius 2 is 1.80 bits per heavy atom. The molecule has 4 rings (SSSR count). The maximum atomic E-state index is 12.4. The van der Waals surface area contributed by atoms with Crippen LogP contribution < -0.4 is 4.90 Å². The highest BCUT2D eigenvalue weighted by Gasteiger charge is 2.36. The average Bonchev–Trinajstić information content (AvgIpc) is 2.72. The van der Waals surface area contributed by atoms with Crippen LogP contribution in [0.15, 0.2) is 42.6 Å². The summed E-state index contributed by atoms with van der Waals surface area (Å²) in [7, 11) is 2.03. The number of halogens is 3. The number of aromatic nitrogens is 1. The molecule has 5 nitrogen and oxygen atoms in total. The van der Waals surface area contributed by atoms with Gasteiger partial charge in [0.2, 0.25) is 0 Å². The summed E-state index contributed by atoms with van der Waals surface area (Å²) in [6, 6.07) is 9.74. The van der Waals surface area contributed by atoms with E-state index < -0.39 is 17.3 Å². The van der Waals surface area contributed by atoms with Crippen LogP contribution in [0.25, 0.3) is 0 Å². The van der Waals surface area contributed by atoms with Gasteiger partial charge in [-0.1, -0.05) is 18.2 Å². The summed E-state index contributed by atoms with van der Waals surface area (Å²) in [4.78, 5) is 18.6. The third-order valence-corrected chi connectivity index (χ3v) is 5.64. The predicted molar refractivity (Wildman–Crippen MR) is 109 cm³/mol. The quantitative estimate of drug-likeness (QED) is 0.766. The maximum absolute atomic E-state index is 12.4. The maximum Gasteiger partial charge on any atom is 0.417 e. The fourth-order valence-electron chi connectivity index (χ4n) is 3.48. The van der Waals surface area contributed by atoms with Crippen LogP contribution in [0, 0.1) is 0 Å². The van der Waals surface area contributed by atoms with Gasteiger partial charge in [0.1, 0.15) is 12.1 Å². The highest BCUT2D eigenvalue weighted by molar-refractivity contribution is 5.75. The third kappa shape index (κ3) is 5.37. The molecule has 2 aromatic rings. The van der Waals surface area contributed by atoms with Gasteiger partial charge in [-0.3, -0.25) is 4.79 Å². The lowest BCUT2D eigenvalue weighted by atomic mass is 9.75. The lowest BCUT2D eigenvalue weighted by Crippen LogP contribution is -2.44. The molecule has 1 saturated heterocycles. The van der Waals surface area contributed by atoms with Crippen molar-refractivity contribution in [3.63, 3.8) is 0 Å². The van der Waals surface area contributed by atoms with Gasteiger partial charge in [0.15, 0.2) is 0 Å². The van der Waals surface area contributed by atoms with Crippen LogP contribution in [0.3, 0.4) is 0 Å². The molecule has 0 spiro atoms. The molecule has 8 heteroatoms. The van der Waals surface area contributed by atoms with Crippen molar-refractivity contribution >= 4 is 12.1 Å². The number of carbonyl (C=O) groups is 1. The number of likely N-dealkylation sites (N-methyl/N-ethyl adjacent to an activating group) is 1. The standard InChI is InChI=1S/C11H14F3N3.C11H12O2/c1-16-4-6-17(7-5-16)10-3-2-9(8-15-10)11(12,13)14;12-8-9-3-1-4-10(7-9)11(13)5-2-6-11/h2-3,8H,4-7H2,1H3;1,3-4,7-8,13H,2,5-6H2. The average molecular weight is 421 g/mol. The van der Waals surface area contributed by atoms with Crippen molar-refractivity contribution in [1.29, 1.82) is 0 Å². The van der Waals surface area contributed by atoms with Crippen LogP contribution in [0.5, 0.6) is 0 Å². The van der Waals surface area contributed by atoms with Gasteiger partial charge in [0.05, 0.1) is 11.2 Å². The van der Waals surface area contributed by atoms with Gasteiger partial charge in [-0.15, -0.1) is 0 Å². The lowest BCUT2D eigenvalue weighted by Gasteiger charge is -2.37. The van der Waals surface area contributed by atoms with Crippen molar-refractivity contribution in [2.75, 3.05) is 38.1 Å². The van der Waals surface area contributed by atoms with E-state index >= 15 is 0 Å². The molecule has 30 heavy (non-hydrogen) atoms. The number of alkyl halides is 3. The van der Waals surface area contributed by atoms with Crippen molar-refractivity contribution in [3.05, 3.63) is 59.3 Å². The first-order valence-electron chi connectivity index (χ1n) is 9.96. The number of hydrogen-bond acceptors (Lipinski definition) is 5. The Bertz CT molecular complexity index is 843. The number of rotatable bonds is 3. The highest BCUT2D eigenvalue weighted by Crippen LogP contribution is 2.40. The van der Waals surface area contributed by atoms with Gasteiger partial charge in [0.25, 0.3) is 0 Å². The zero-order valence-corrected chi connectivity index (χ0v) is 16.9. The molecule has 1 aliphatic carbocycles. The van der Waals surface area contributed by atoms with Crippen LogP contribution >= 0.6 is 0 Å². The number of anilines is 1. The molecular formula is C22H26F3N3O2. The van der Waals surface area contributed by atoms with E-state index in [0.29, 0.717) is 11.4 Å².